The number of phenols is 1. The minimum absolute atomic E-state index is 0.240. The van der Waals surface area contributed by atoms with Gasteiger partial charge in [-0.1, -0.05) is 23.7 Å². The van der Waals surface area contributed by atoms with Gasteiger partial charge in [-0.15, -0.1) is 22.7 Å². The molecule has 0 radical (unpaired) electrons. The monoisotopic (exact) mass is 424 g/mol. The lowest BCUT2D eigenvalue weighted by Gasteiger charge is -2.11. The molecule has 2 aromatic heterocycles. The Hall–Kier alpha value is -2.21. The molecule has 0 spiro atoms. The Kier molecular flexibility index (Phi) is 4.67. The van der Waals surface area contributed by atoms with Gasteiger partial charge < -0.3 is 5.11 Å². The highest BCUT2D eigenvalue weighted by molar-refractivity contribution is 7.22. The van der Waals surface area contributed by atoms with E-state index in [1.165, 1.54) is 23.3 Å². The molecule has 1 N–H and O–H groups in total. The standard InChI is InChI=1S/C22H17ClN2OS2/c23-14-9-10-19-16(11-14)25-22(28-19)20-15-6-2-4-8-18(15)27-21(20)24-12-13-5-1-3-7-17(13)26/h1,3,5,7,9-12,26H,2,4,6,8H2/b24-12+. The number of fused-ring (bicyclic) bond motifs is 2. The summed E-state index contributed by atoms with van der Waals surface area (Å²) in [6.45, 7) is 0. The average Bonchev–Trinajstić information content (AvgIpc) is 3.27. The lowest BCUT2D eigenvalue weighted by molar-refractivity contribution is 0.474. The largest absolute Gasteiger partial charge is 0.507 e. The highest BCUT2D eigenvalue weighted by atomic mass is 35.5. The van der Waals surface area contributed by atoms with Gasteiger partial charge in [0, 0.05) is 21.7 Å². The molecule has 28 heavy (non-hydrogen) atoms. The molecule has 0 aliphatic heterocycles. The summed E-state index contributed by atoms with van der Waals surface area (Å²) in [7, 11) is 0. The van der Waals surface area contributed by atoms with Crippen LogP contribution in [0.2, 0.25) is 5.02 Å². The van der Waals surface area contributed by atoms with Crippen molar-refractivity contribution >= 4 is 55.7 Å². The number of hydrogen-bond acceptors (Lipinski definition) is 5. The van der Waals surface area contributed by atoms with Gasteiger partial charge in [-0.3, -0.25) is 0 Å². The summed E-state index contributed by atoms with van der Waals surface area (Å²) in [5.74, 6) is 0.240. The molecule has 0 atom stereocenters. The maximum Gasteiger partial charge on any atom is 0.127 e. The number of hydrogen-bond donors (Lipinski definition) is 1. The van der Waals surface area contributed by atoms with Crippen LogP contribution >= 0.6 is 34.3 Å². The number of aliphatic imine (C=N–C) groups is 1. The fourth-order valence-corrected chi connectivity index (χ4v) is 6.08. The zero-order valence-electron chi connectivity index (χ0n) is 15.0. The van der Waals surface area contributed by atoms with Gasteiger partial charge in [-0.05, 0) is 61.6 Å². The van der Waals surface area contributed by atoms with Crippen LogP contribution in [0.4, 0.5) is 5.00 Å². The molecule has 1 aliphatic carbocycles. The summed E-state index contributed by atoms with van der Waals surface area (Å²) in [6, 6.07) is 13.1. The van der Waals surface area contributed by atoms with Crippen LogP contribution in [-0.2, 0) is 12.8 Å². The normalized spacial score (nSPS) is 14.0. The van der Waals surface area contributed by atoms with E-state index in [1.54, 1.807) is 35.0 Å². The molecule has 3 nitrogen and oxygen atoms in total. The first-order valence-electron chi connectivity index (χ1n) is 9.22. The molecule has 0 unspecified atom stereocenters. The van der Waals surface area contributed by atoms with E-state index in [4.69, 9.17) is 21.6 Å². The van der Waals surface area contributed by atoms with E-state index < -0.39 is 0 Å². The van der Waals surface area contributed by atoms with E-state index >= 15 is 0 Å². The Bertz CT molecular complexity index is 1210. The molecule has 2 heterocycles. The fraction of sp³-hybridized carbons (Fsp3) is 0.182. The maximum atomic E-state index is 10.0. The number of aromatic nitrogens is 1. The number of rotatable bonds is 3. The Morgan fingerprint density at radius 2 is 1.93 bits per heavy atom. The zero-order valence-corrected chi connectivity index (χ0v) is 17.4. The van der Waals surface area contributed by atoms with Crippen molar-refractivity contribution in [3.8, 4) is 16.3 Å². The van der Waals surface area contributed by atoms with Crippen LogP contribution in [-0.4, -0.2) is 16.3 Å². The van der Waals surface area contributed by atoms with Crippen LogP contribution < -0.4 is 0 Å². The van der Waals surface area contributed by atoms with E-state index in [0.29, 0.717) is 5.02 Å². The number of para-hydroxylation sites is 1. The highest BCUT2D eigenvalue weighted by Crippen LogP contribution is 2.47. The number of aromatic hydroxyl groups is 1. The van der Waals surface area contributed by atoms with Crippen molar-refractivity contribution in [3.63, 3.8) is 0 Å². The molecule has 6 heteroatoms. The SMILES string of the molecule is Oc1ccccc1/C=N/c1sc2c(c1-c1nc3cc(Cl)ccc3s1)CCCC2. The third-order valence-electron chi connectivity index (χ3n) is 4.97. The predicted octanol–water partition coefficient (Wildman–Crippen LogP) is 7.01. The van der Waals surface area contributed by atoms with Crippen LogP contribution in [0.5, 0.6) is 5.75 Å². The molecular formula is C22H17ClN2OS2. The lowest BCUT2D eigenvalue weighted by Crippen LogP contribution is -1.99. The minimum Gasteiger partial charge on any atom is -0.507 e. The van der Waals surface area contributed by atoms with Crippen molar-refractivity contribution in [2.75, 3.05) is 0 Å². The molecule has 0 bridgehead atoms. The molecule has 0 saturated carbocycles. The lowest BCUT2D eigenvalue weighted by atomic mass is 9.96. The predicted molar refractivity (Wildman–Crippen MR) is 120 cm³/mol. The van der Waals surface area contributed by atoms with E-state index in [9.17, 15) is 5.11 Å². The summed E-state index contributed by atoms with van der Waals surface area (Å²) in [5.41, 5.74) is 4.20. The molecule has 0 amide bonds. The zero-order chi connectivity index (χ0) is 19.1. The molecule has 5 rings (SSSR count). The Morgan fingerprint density at radius 3 is 2.82 bits per heavy atom. The van der Waals surface area contributed by atoms with Crippen molar-refractivity contribution in [1.29, 1.82) is 0 Å². The van der Waals surface area contributed by atoms with Gasteiger partial charge in [-0.2, -0.15) is 0 Å². The topological polar surface area (TPSA) is 45.5 Å². The van der Waals surface area contributed by atoms with Gasteiger partial charge in [0.1, 0.15) is 15.8 Å². The summed E-state index contributed by atoms with van der Waals surface area (Å²) < 4.78 is 1.13. The van der Waals surface area contributed by atoms with Crippen molar-refractivity contribution in [2.24, 2.45) is 4.99 Å². The van der Waals surface area contributed by atoms with E-state index in [1.807, 2.05) is 36.4 Å². The van der Waals surface area contributed by atoms with E-state index in [2.05, 4.69) is 0 Å². The number of thiophene rings is 1. The number of thiazole rings is 1. The van der Waals surface area contributed by atoms with Gasteiger partial charge in [0.15, 0.2) is 0 Å². The third-order valence-corrected chi connectivity index (χ3v) is 7.46. The average molecular weight is 425 g/mol. The number of benzene rings is 2. The van der Waals surface area contributed by atoms with Gasteiger partial charge in [0.25, 0.3) is 0 Å². The van der Waals surface area contributed by atoms with Crippen LogP contribution in [0, 0.1) is 0 Å². The van der Waals surface area contributed by atoms with Crippen LogP contribution in [0.25, 0.3) is 20.8 Å². The number of aryl methyl sites for hydroxylation is 1. The number of halogens is 1. The van der Waals surface area contributed by atoms with Gasteiger partial charge in [0.2, 0.25) is 0 Å². The third kappa shape index (κ3) is 3.24. The quantitative estimate of drug-likeness (QED) is 0.359. The molecule has 0 fully saturated rings. The van der Waals surface area contributed by atoms with Crippen molar-refractivity contribution in [3.05, 3.63) is 63.5 Å². The molecular weight excluding hydrogens is 408 g/mol. The first-order chi connectivity index (χ1) is 13.7. The second kappa shape index (κ2) is 7.32. The first-order valence-corrected chi connectivity index (χ1v) is 11.2. The molecule has 0 saturated heterocycles. The second-order valence-corrected chi connectivity index (χ2v) is 9.39. The Balaban J connectivity index is 1.65. The minimum atomic E-state index is 0.240. The van der Waals surface area contributed by atoms with Crippen LogP contribution in [0.1, 0.15) is 28.8 Å². The first kappa shape index (κ1) is 17.9. The molecule has 1 aliphatic rings. The summed E-state index contributed by atoms with van der Waals surface area (Å²) in [4.78, 5) is 11.1. The van der Waals surface area contributed by atoms with Gasteiger partial charge >= 0.3 is 0 Å². The molecule has 140 valence electrons. The number of phenolic OH excluding ortho intramolecular Hbond substituents is 1. The van der Waals surface area contributed by atoms with Crippen LogP contribution in [0.3, 0.4) is 0 Å². The highest BCUT2D eigenvalue weighted by Gasteiger charge is 2.24. The van der Waals surface area contributed by atoms with Crippen molar-refractivity contribution in [1.82, 2.24) is 4.98 Å². The van der Waals surface area contributed by atoms with Gasteiger partial charge in [-0.25, -0.2) is 9.98 Å². The molecule has 4 aromatic rings. The van der Waals surface area contributed by atoms with Crippen molar-refractivity contribution < 1.29 is 5.11 Å². The smallest absolute Gasteiger partial charge is 0.127 e. The van der Waals surface area contributed by atoms with E-state index in [-0.39, 0.29) is 5.75 Å². The molecule has 2 aromatic carbocycles. The van der Waals surface area contributed by atoms with Crippen LogP contribution in [0.15, 0.2) is 47.5 Å². The van der Waals surface area contributed by atoms with Crippen molar-refractivity contribution in [2.45, 2.75) is 25.7 Å². The fourth-order valence-electron chi connectivity index (χ4n) is 3.60. The Labute approximate surface area is 176 Å². The Morgan fingerprint density at radius 1 is 1.07 bits per heavy atom. The van der Waals surface area contributed by atoms with E-state index in [0.717, 1.165) is 44.2 Å². The summed E-state index contributed by atoms with van der Waals surface area (Å²) in [5, 5.41) is 12.7. The second-order valence-electron chi connectivity index (χ2n) is 6.84. The number of nitrogens with zero attached hydrogens (tertiary/aromatic N) is 2. The maximum absolute atomic E-state index is 10.0. The summed E-state index contributed by atoms with van der Waals surface area (Å²) in [6.07, 6.45) is 6.36. The van der Waals surface area contributed by atoms with Gasteiger partial charge in [0.05, 0.1) is 15.8 Å². The summed E-state index contributed by atoms with van der Waals surface area (Å²) >= 11 is 9.60.